The molecule has 0 saturated carbocycles. The van der Waals surface area contributed by atoms with Crippen molar-refractivity contribution in [2.45, 2.75) is 69.3 Å². The Morgan fingerprint density at radius 2 is 2.12 bits per heavy atom. The van der Waals surface area contributed by atoms with Gasteiger partial charge in [0.2, 0.25) is 0 Å². The molecule has 1 spiro atoms. The molecule has 0 aromatic heterocycles. The SMILES string of the molecule is Cc1ccc(O)c2c1[C@]13CCN(C)[C@H](C)[C@]1(O)CC=C(OC(=O)[C@H](C)OC(=O)CCN)[C@@H]3O2. The van der Waals surface area contributed by atoms with Crippen LogP contribution < -0.4 is 10.5 Å². The van der Waals surface area contributed by atoms with E-state index in [1.807, 2.05) is 20.9 Å². The quantitative estimate of drug-likeness (QED) is 0.556. The summed E-state index contributed by atoms with van der Waals surface area (Å²) in [5, 5.41) is 22.7. The molecule has 1 saturated heterocycles. The number of nitrogens with two attached hydrogens (primary N) is 1. The number of ether oxygens (including phenoxy) is 3. The number of esters is 2. The number of nitrogens with zero attached hydrogens (tertiary/aromatic N) is 1. The van der Waals surface area contributed by atoms with Crippen molar-refractivity contribution >= 4 is 11.9 Å². The standard InChI is InChI=1S/C24H32N2O7/c1-13-5-6-16(27)20-19(13)23-10-12-26(4)15(3)24(23,30)9-7-17(21(23)33-20)32-22(29)14(2)31-18(28)8-11-25/h5-7,14-15,21,27,30H,8-12,25H2,1-4H3/t14-,15+,21-,23-,24+/m0/s1. The average Bonchev–Trinajstić information content (AvgIpc) is 3.13. The molecule has 0 unspecified atom stereocenters. The molecule has 9 nitrogen and oxygen atoms in total. The Kier molecular flexibility index (Phi) is 5.92. The second-order valence-corrected chi connectivity index (χ2v) is 9.31. The lowest BCUT2D eigenvalue weighted by Crippen LogP contribution is -2.71. The van der Waals surface area contributed by atoms with Crippen LogP contribution in [0.25, 0.3) is 0 Å². The third kappa shape index (κ3) is 3.41. The van der Waals surface area contributed by atoms with Gasteiger partial charge in [-0.3, -0.25) is 4.79 Å². The number of phenolic OH excluding ortho intramolecular Hbond substituents is 1. The van der Waals surface area contributed by atoms with Crippen LogP contribution in [0.5, 0.6) is 11.5 Å². The molecule has 0 bridgehead atoms. The third-order valence-electron chi connectivity index (χ3n) is 7.54. The number of carbonyl (C=O) groups is 2. The minimum Gasteiger partial charge on any atom is -0.504 e. The molecule has 5 atom stereocenters. The summed E-state index contributed by atoms with van der Waals surface area (Å²) in [4.78, 5) is 26.6. The van der Waals surface area contributed by atoms with Crippen LogP contribution in [0, 0.1) is 6.92 Å². The summed E-state index contributed by atoms with van der Waals surface area (Å²) in [6.45, 7) is 6.13. The number of hydrogen-bond donors (Lipinski definition) is 3. The lowest BCUT2D eigenvalue weighted by Gasteiger charge is -2.58. The van der Waals surface area contributed by atoms with Crippen LogP contribution in [0.4, 0.5) is 0 Å². The van der Waals surface area contributed by atoms with Crippen molar-refractivity contribution in [2.75, 3.05) is 20.1 Å². The number of fused-ring (bicyclic) bond motifs is 1. The van der Waals surface area contributed by atoms with Gasteiger partial charge in [-0.2, -0.15) is 0 Å². The molecule has 1 fully saturated rings. The molecule has 180 valence electrons. The van der Waals surface area contributed by atoms with E-state index in [9.17, 15) is 19.8 Å². The van der Waals surface area contributed by atoms with Crippen molar-refractivity contribution in [1.82, 2.24) is 4.90 Å². The number of aryl methyl sites for hydroxylation is 1. The maximum Gasteiger partial charge on any atom is 0.352 e. The summed E-state index contributed by atoms with van der Waals surface area (Å²) < 4.78 is 17.0. The molecule has 2 aliphatic heterocycles. The first-order chi connectivity index (χ1) is 15.6. The Morgan fingerprint density at radius 1 is 1.39 bits per heavy atom. The fourth-order valence-electron chi connectivity index (χ4n) is 5.63. The Balaban J connectivity index is 1.73. The van der Waals surface area contributed by atoms with Crippen LogP contribution in [-0.4, -0.2) is 71.0 Å². The van der Waals surface area contributed by atoms with Crippen LogP contribution in [0.1, 0.15) is 44.2 Å². The summed E-state index contributed by atoms with van der Waals surface area (Å²) in [7, 11) is 1.97. The van der Waals surface area contributed by atoms with Crippen LogP contribution in [0.15, 0.2) is 24.0 Å². The average molecular weight is 461 g/mol. The predicted molar refractivity (Wildman–Crippen MR) is 119 cm³/mol. The summed E-state index contributed by atoms with van der Waals surface area (Å²) in [6.07, 6.45) is 0.506. The second-order valence-electron chi connectivity index (χ2n) is 9.31. The van der Waals surface area contributed by atoms with Gasteiger partial charge in [0.1, 0.15) is 5.76 Å². The number of aromatic hydroxyl groups is 1. The number of phenols is 1. The van der Waals surface area contributed by atoms with Crippen molar-refractivity contribution in [2.24, 2.45) is 5.73 Å². The molecule has 1 aromatic carbocycles. The number of aliphatic hydroxyl groups is 1. The van der Waals surface area contributed by atoms with Crippen molar-refractivity contribution in [3.8, 4) is 11.5 Å². The van der Waals surface area contributed by atoms with Gasteiger partial charge >= 0.3 is 11.9 Å². The van der Waals surface area contributed by atoms with Crippen LogP contribution >= 0.6 is 0 Å². The summed E-state index contributed by atoms with van der Waals surface area (Å²) in [6, 6.07) is 3.16. The van der Waals surface area contributed by atoms with Crippen molar-refractivity contribution in [1.29, 1.82) is 0 Å². The highest BCUT2D eigenvalue weighted by Crippen LogP contribution is 2.62. The highest BCUT2D eigenvalue weighted by atomic mass is 16.6. The van der Waals surface area contributed by atoms with E-state index < -0.39 is 35.2 Å². The zero-order chi connectivity index (χ0) is 24.1. The van der Waals surface area contributed by atoms with Gasteiger partial charge in [-0.25, -0.2) is 4.79 Å². The Labute approximate surface area is 193 Å². The van der Waals surface area contributed by atoms with E-state index in [0.29, 0.717) is 18.7 Å². The maximum absolute atomic E-state index is 12.8. The fourth-order valence-corrected chi connectivity index (χ4v) is 5.63. The van der Waals surface area contributed by atoms with Gasteiger partial charge in [0.15, 0.2) is 23.7 Å². The maximum atomic E-state index is 12.8. The van der Waals surface area contributed by atoms with Crippen LogP contribution in [0.3, 0.4) is 0 Å². The third-order valence-corrected chi connectivity index (χ3v) is 7.54. The summed E-state index contributed by atoms with van der Waals surface area (Å²) in [5.41, 5.74) is 4.86. The molecule has 4 rings (SSSR count). The molecule has 9 heteroatoms. The molecule has 3 aliphatic rings. The van der Waals surface area contributed by atoms with E-state index in [-0.39, 0.29) is 36.9 Å². The number of carbonyl (C=O) groups excluding carboxylic acids is 2. The van der Waals surface area contributed by atoms with Crippen molar-refractivity contribution in [3.63, 3.8) is 0 Å². The minimum absolute atomic E-state index is 0.00145. The molecule has 33 heavy (non-hydrogen) atoms. The Morgan fingerprint density at radius 3 is 2.82 bits per heavy atom. The van der Waals surface area contributed by atoms with E-state index in [0.717, 1.165) is 11.1 Å². The number of likely N-dealkylation sites (tertiary alicyclic amines) is 1. The molecule has 0 amide bonds. The van der Waals surface area contributed by atoms with Crippen molar-refractivity contribution < 1.29 is 34.0 Å². The molecule has 1 aliphatic carbocycles. The number of rotatable bonds is 5. The van der Waals surface area contributed by atoms with Crippen LogP contribution in [0.2, 0.25) is 0 Å². The van der Waals surface area contributed by atoms with Crippen molar-refractivity contribution in [3.05, 3.63) is 35.1 Å². The number of hydrogen-bond acceptors (Lipinski definition) is 9. The zero-order valence-electron chi connectivity index (χ0n) is 19.5. The number of piperidine rings is 1. The van der Waals surface area contributed by atoms with E-state index in [1.54, 1.807) is 18.2 Å². The Hall–Kier alpha value is -2.62. The predicted octanol–water partition coefficient (Wildman–Crippen LogP) is 1.27. The fraction of sp³-hybridized carbons (Fsp3) is 0.583. The zero-order valence-corrected chi connectivity index (χ0v) is 19.5. The van der Waals surface area contributed by atoms with E-state index in [4.69, 9.17) is 19.9 Å². The number of benzene rings is 1. The molecule has 2 heterocycles. The molecule has 1 aromatic rings. The highest BCUT2D eigenvalue weighted by Gasteiger charge is 2.69. The smallest absolute Gasteiger partial charge is 0.352 e. The second kappa shape index (κ2) is 8.30. The molecular weight excluding hydrogens is 428 g/mol. The van der Waals surface area contributed by atoms with E-state index >= 15 is 0 Å². The largest absolute Gasteiger partial charge is 0.504 e. The van der Waals surface area contributed by atoms with Gasteiger partial charge in [-0.1, -0.05) is 6.07 Å². The van der Waals surface area contributed by atoms with E-state index in [2.05, 4.69) is 4.90 Å². The first-order valence-corrected chi connectivity index (χ1v) is 11.3. The van der Waals surface area contributed by atoms with Gasteiger partial charge in [0, 0.05) is 24.6 Å². The molecule has 0 radical (unpaired) electrons. The first-order valence-electron chi connectivity index (χ1n) is 11.3. The topological polar surface area (TPSA) is 132 Å². The normalized spacial score (nSPS) is 31.4. The van der Waals surface area contributed by atoms with E-state index in [1.165, 1.54) is 6.92 Å². The molecule has 4 N–H and O–H groups in total. The highest BCUT2D eigenvalue weighted by molar-refractivity contribution is 5.80. The lowest BCUT2D eigenvalue weighted by molar-refractivity contribution is -0.171. The monoisotopic (exact) mass is 460 g/mol. The summed E-state index contributed by atoms with van der Waals surface area (Å²) >= 11 is 0. The van der Waals surface area contributed by atoms with Gasteiger partial charge in [0.05, 0.1) is 17.4 Å². The van der Waals surface area contributed by atoms with Gasteiger partial charge in [-0.15, -0.1) is 0 Å². The first kappa shape index (κ1) is 23.5. The van der Waals surface area contributed by atoms with Crippen LogP contribution in [-0.2, 0) is 24.5 Å². The molecular formula is C24H32N2O7. The number of likely N-dealkylation sites (N-methyl/N-ethyl adjacent to an activating group) is 1. The van der Waals surface area contributed by atoms with Gasteiger partial charge in [-0.05, 0) is 58.5 Å². The van der Waals surface area contributed by atoms with Gasteiger partial charge < -0.3 is 35.1 Å². The van der Waals surface area contributed by atoms with Gasteiger partial charge in [0.25, 0.3) is 0 Å². The lowest BCUT2D eigenvalue weighted by atomic mass is 9.54. The Bertz CT molecular complexity index is 1010. The summed E-state index contributed by atoms with van der Waals surface area (Å²) in [5.74, 6) is -0.795. The minimum atomic E-state index is -1.22.